The standard InChI is InChI=1S/C20H26N2O3/c1-14-11-12-18(24-14)15(2)22-20(23)21-13-16-7-3-6-10-19(16)25-17-8-4-5-9-17/h3,6-7,10-12,15,17H,4-5,8-9,13H2,1-2H3,(H2,21,22,23). The second-order valence-corrected chi connectivity index (χ2v) is 6.63. The van der Waals surface area contributed by atoms with Crippen molar-refractivity contribution < 1.29 is 13.9 Å². The molecule has 2 aromatic rings. The van der Waals surface area contributed by atoms with Gasteiger partial charge in [0.25, 0.3) is 0 Å². The molecule has 0 radical (unpaired) electrons. The van der Waals surface area contributed by atoms with Crippen molar-refractivity contribution in [1.29, 1.82) is 0 Å². The van der Waals surface area contributed by atoms with Gasteiger partial charge in [0.1, 0.15) is 17.3 Å². The first-order valence-corrected chi connectivity index (χ1v) is 8.97. The molecular weight excluding hydrogens is 316 g/mol. The van der Waals surface area contributed by atoms with Gasteiger partial charge in [-0.15, -0.1) is 0 Å². The molecular formula is C20H26N2O3. The van der Waals surface area contributed by atoms with Crippen LogP contribution in [-0.4, -0.2) is 12.1 Å². The Labute approximate surface area is 148 Å². The number of carbonyl (C=O) groups excluding carboxylic acids is 1. The first-order valence-electron chi connectivity index (χ1n) is 8.97. The maximum absolute atomic E-state index is 12.2. The zero-order chi connectivity index (χ0) is 17.6. The van der Waals surface area contributed by atoms with Gasteiger partial charge in [-0.2, -0.15) is 0 Å². The molecule has 5 nitrogen and oxygen atoms in total. The second kappa shape index (κ2) is 8.10. The molecule has 0 aliphatic heterocycles. The molecule has 1 aromatic heterocycles. The molecule has 1 fully saturated rings. The second-order valence-electron chi connectivity index (χ2n) is 6.63. The minimum absolute atomic E-state index is 0.182. The molecule has 0 spiro atoms. The number of amides is 2. The lowest BCUT2D eigenvalue weighted by Crippen LogP contribution is -2.36. The summed E-state index contributed by atoms with van der Waals surface area (Å²) in [6, 6.07) is 11.3. The Kier molecular flexibility index (Phi) is 5.64. The Balaban J connectivity index is 1.53. The molecule has 5 heteroatoms. The maximum atomic E-state index is 12.2. The van der Waals surface area contributed by atoms with Crippen LogP contribution in [0.25, 0.3) is 0 Å². The highest BCUT2D eigenvalue weighted by Crippen LogP contribution is 2.26. The number of hydrogen-bond donors (Lipinski definition) is 2. The average Bonchev–Trinajstić information content (AvgIpc) is 3.26. The van der Waals surface area contributed by atoms with E-state index in [9.17, 15) is 4.79 Å². The highest BCUT2D eigenvalue weighted by molar-refractivity contribution is 5.74. The van der Waals surface area contributed by atoms with E-state index in [1.54, 1.807) is 0 Å². The number of benzene rings is 1. The van der Waals surface area contributed by atoms with Gasteiger partial charge in [0.05, 0.1) is 12.1 Å². The van der Waals surface area contributed by atoms with E-state index in [1.807, 2.05) is 50.2 Å². The minimum atomic E-state index is -0.225. The van der Waals surface area contributed by atoms with E-state index < -0.39 is 0 Å². The van der Waals surface area contributed by atoms with Gasteiger partial charge >= 0.3 is 6.03 Å². The number of urea groups is 1. The number of nitrogens with one attached hydrogen (secondary N) is 2. The molecule has 3 rings (SSSR count). The normalized spacial score (nSPS) is 15.8. The molecule has 1 aliphatic carbocycles. The molecule has 134 valence electrons. The monoisotopic (exact) mass is 342 g/mol. The highest BCUT2D eigenvalue weighted by atomic mass is 16.5. The van der Waals surface area contributed by atoms with E-state index in [-0.39, 0.29) is 12.1 Å². The number of hydrogen-bond acceptors (Lipinski definition) is 3. The van der Waals surface area contributed by atoms with Crippen molar-refractivity contribution in [3.05, 3.63) is 53.5 Å². The third kappa shape index (κ3) is 4.78. The molecule has 1 saturated carbocycles. The molecule has 0 saturated heterocycles. The van der Waals surface area contributed by atoms with Crippen LogP contribution >= 0.6 is 0 Å². The number of carbonyl (C=O) groups is 1. The summed E-state index contributed by atoms with van der Waals surface area (Å²) in [4.78, 5) is 12.2. The summed E-state index contributed by atoms with van der Waals surface area (Å²) in [5.74, 6) is 2.45. The maximum Gasteiger partial charge on any atom is 0.315 e. The van der Waals surface area contributed by atoms with Crippen LogP contribution in [0.3, 0.4) is 0 Å². The minimum Gasteiger partial charge on any atom is -0.490 e. The fourth-order valence-electron chi connectivity index (χ4n) is 3.13. The lowest BCUT2D eigenvalue weighted by Gasteiger charge is -2.17. The molecule has 1 atom stereocenters. The third-order valence-corrected chi connectivity index (χ3v) is 4.54. The molecule has 25 heavy (non-hydrogen) atoms. The first-order chi connectivity index (χ1) is 12.1. The van der Waals surface area contributed by atoms with E-state index in [0.29, 0.717) is 12.6 Å². The molecule has 1 aliphatic rings. The summed E-state index contributed by atoms with van der Waals surface area (Å²) in [7, 11) is 0. The van der Waals surface area contributed by atoms with Crippen LogP contribution in [-0.2, 0) is 6.54 Å². The van der Waals surface area contributed by atoms with Crippen molar-refractivity contribution in [3.8, 4) is 5.75 Å². The van der Waals surface area contributed by atoms with Gasteiger partial charge < -0.3 is 19.8 Å². The topological polar surface area (TPSA) is 63.5 Å². The van der Waals surface area contributed by atoms with Gasteiger partial charge in [-0.05, 0) is 57.7 Å². The molecule has 1 unspecified atom stereocenters. The Morgan fingerprint density at radius 3 is 2.72 bits per heavy atom. The summed E-state index contributed by atoms with van der Waals surface area (Å²) in [5.41, 5.74) is 0.992. The third-order valence-electron chi connectivity index (χ3n) is 4.54. The first kappa shape index (κ1) is 17.4. The van der Waals surface area contributed by atoms with E-state index in [4.69, 9.17) is 9.15 Å². The van der Waals surface area contributed by atoms with Gasteiger partial charge in [0.2, 0.25) is 0 Å². The van der Waals surface area contributed by atoms with E-state index in [1.165, 1.54) is 12.8 Å². The summed E-state index contributed by atoms with van der Waals surface area (Å²) in [6.45, 7) is 4.21. The van der Waals surface area contributed by atoms with Crippen LogP contribution in [0, 0.1) is 6.92 Å². The summed E-state index contributed by atoms with van der Waals surface area (Å²) >= 11 is 0. The number of ether oxygens (including phenoxy) is 1. The van der Waals surface area contributed by atoms with Crippen LogP contribution < -0.4 is 15.4 Å². The van der Waals surface area contributed by atoms with E-state index in [0.717, 1.165) is 35.7 Å². The lowest BCUT2D eigenvalue weighted by molar-refractivity contribution is 0.207. The molecule has 1 heterocycles. The summed E-state index contributed by atoms with van der Waals surface area (Å²) in [6.07, 6.45) is 5.00. The number of para-hydroxylation sites is 1. The van der Waals surface area contributed by atoms with Gasteiger partial charge in [0.15, 0.2) is 0 Å². The predicted octanol–water partition coefficient (Wildman–Crippen LogP) is 4.47. The van der Waals surface area contributed by atoms with Crippen molar-refractivity contribution in [1.82, 2.24) is 10.6 Å². The fraction of sp³-hybridized carbons (Fsp3) is 0.450. The Morgan fingerprint density at radius 2 is 2.00 bits per heavy atom. The fourth-order valence-corrected chi connectivity index (χ4v) is 3.13. The predicted molar refractivity (Wildman–Crippen MR) is 96.6 cm³/mol. The van der Waals surface area contributed by atoms with Gasteiger partial charge in [-0.1, -0.05) is 18.2 Å². The number of rotatable bonds is 6. The Morgan fingerprint density at radius 1 is 1.24 bits per heavy atom. The molecule has 2 N–H and O–H groups in total. The van der Waals surface area contributed by atoms with Crippen LogP contribution in [0.1, 0.15) is 55.7 Å². The van der Waals surface area contributed by atoms with Gasteiger partial charge in [-0.3, -0.25) is 0 Å². The molecule has 1 aromatic carbocycles. The zero-order valence-corrected chi connectivity index (χ0v) is 14.9. The van der Waals surface area contributed by atoms with Crippen LogP contribution in [0.5, 0.6) is 5.75 Å². The van der Waals surface area contributed by atoms with E-state index >= 15 is 0 Å². The SMILES string of the molecule is Cc1ccc(C(C)NC(=O)NCc2ccccc2OC2CCCC2)o1. The quantitative estimate of drug-likeness (QED) is 0.814. The van der Waals surface area contributed by atoms with Gasteiger partial charge in [0, 0.05) is 12.1 Å². The zero-order valence-electron chi connectivity index (χ0n) is 14.9. The summed E-state index contributed by atoms with van der Waals surface area (Å²) < 4.78 is 11.6. The lowest BCUT2D eigenvalue weighted by atomic mass is 10.2. The smallest absolute Gasteiger partial charge is 0.315 e. The van der Waals surface area contributed by atoms with Crippen molar-refractivity contribution >= 4 is 6.03 Å². The van der Waals surface area contributed by atoms with Crippen molar-refractivity contribution in [2.24, 2.45) is 0 Å². The average molecular weight is 342 g/mol. The van der Waals surface area contributed by atoms with Crippen molar-refractivity contribution in [2.75, 3.05) is 0 Å². The number of aryl methyl sites for hydroxylation is 1. The van der Waals surface area contributed by atoms with Crippen LogP contribution in [0.15, 0.2) is 40.8 Å². The van der Waals surface area contributed by atoms with Crippen LogP contribution in [0.2, 0.25) is 0 Å². The Hall–Kier alpha value is -2.43. The largest absolute Gasteiger partial charge is 0.490 e. The molecule has 2 amide bonds. The summed E-state index contributed by atoms with van der Waals surface area (Å²) in [5, 5.41) is 5.79. The van der Waals surface area contributed by atoms with Gasteiger partial charge in [-0.25, -0.2) is 4.79 Å². The van der Waals surface area contributed by atoms with Crippen molar-refractivity contribution in [3.63, 3.8) is 0 Å². The highest BCUT2D eigenvalue weighted by Gasteiger charge is 2.18. The number of furan rings is 1. The van der Waals surface area contributed by atoms with Crippen LogP contribution in [0.4, 0.5) is 4.79 Å². The van der Waals surface area contributed by atoms with Crippen molar-refractivity contribution in [2.45, 2.75) is 58.2 Å². The molecule has 0 bridgehead atoms. The Bertz CT molecular complexity index is 704. The van der Waals surface area contributed by atoms with E-state index in [2.05, 4.69) is 10.6 Å².